The average molecular weight is 114 g/mol. The van der Waals surface area contributed by atoms with Crippen LogP contribution in [0.1, 0.15) is 12.8 Å². The zero-order valence-electron chi connectivity index (χ0n) is 4.97. The molecule has 8 heavy (non-hydrogen) atoms. The Hall–Kier alpha value is -0.0800. The molecule has 0 aromatic rings. The number of hydrogen-bond donors (Lipinski definition) is 1. The molecule has 1 aliphatic rings. The van der Waals surface area contributed by atoms with Gasteiger partial charge in [0.25, 0.3) is 0 Å². The molecule has 0 amide bonds. The second-order valence-electron chi connectivity index (χ2n) is 2.30. The summed E-state index contributed by atoms with van der Waals surface area (Å²) in [5.41, 5.74) is 5.46. The molecule has 0 spiro atoms. The van der Waals surface area contributed by atoms with Gasteiger partial charge in [-0.25, -0.2) is 0 Å². The van der Waals surface area contributed by atoms with E-state index in [1.807, 2.05) is 0 Å². The standard InChI is InChI=1S/C6H12NO/c1-5-2-3-8-6(7)4-5/h5-6H,1-4,7H2. The SMILES string of the molecule is [CH2]C1CCOC(N)C1. The van der Waals surface area contributed by atoms with E-state index in [4.69, 9.17) is 10.5 Å². The van der Waals surface area contributed by atoms with Crippen LogP contribution >= 0.6 is 0 Å². The van der Waals surface area contributed by atoms with Crippen LogP contribution in [0.15, 0.2) is 0 Å². The molecule has 2 N–H and O–H groups in total. The molecule has 1 rings (SSSR count). The average Bonchev–Trinajstić information content (AvgIpc) is 1.64. The van der Waals surface area contributed by atoms with Gasteiger partial charge in [-0.15, -0.1) is 0 Å². The summed E-state index contributed by atoms with van der Waals surface area (Å²) in [5, 5.41) is 0. The molecule has 1 fully saturated rings. The van der Waals surface area contributed by atoms with Crippen molar-refractivity contribution in [3.63, 3.8) is 0 Å². The molecule has 2 nitrogen and oxygen atoms in total. The van der Waals surface area contributed by atoms with Crippen LogP contribution in [0, 0.1) is 12.8 Å². The van der Waals surface area contributed by atoms with Gasteiger partial charge in [0.2, 0.25) is 0 Å². The summed E-state index contributed by atoms with van der Waals surface area (Å²) in [7, 11) is 0. The van der Waals surface area contributed by atoms with Crippen LogP contribution in [0.4, 0.5) is 0 Å². The van der Waals surface area contributed by atoms with Crippen LogP contribution in [0.3, 0.4) is 0 Å². The molecule has 1 heterocycles. The maximum Gasteiger partial charge on any atom is 0.105 e. The third-order valence-corrected chi connectivity index (χ3v) is 1.42. The zero-order chi connectivity index (χ0) is 5.98. The van der Waals surface area contributed by atoms with Gasteiger partial charge in [-0.3, -0.25) is 0 Å². The van der Waals surface area contributed by atoms with Crippen molar-refractivity contribution >= 4 is 0 Å². The molecule has 1 saturated heterocycles. The van der Waals surface area contributed by atoms with E-state index in [0.717, 1.165) is 19.4 Å². The first-order valence-electron chi connectivity index (χ1n) is 2.99. The van der Waals surface area contributed by atoms with Gasteiger partial charge >= 0.3 is 0 Å². The highest BCUT2D eigenvalue weighted by Crippen LogP contribution is 2.15. The highest BCUT2D eigenvalue weighted by Gasteiger charge is 2.14. The second kappa shape index (κ2) is 2.46. The molecule has 1 aliphatic heterocycles. The van der Waals surface area contributed by atoms with Crippen molar-refractivity contribution in [3.8, 4) is 0 Å². The molecule has 0 aromatic heterocycles. The second-order valence-corrected chi connectivity index (χ2v) is 2.30. The lowest BCUT2D eigenvalue weighted by molar-refractivity contribution is 0.00452. The first-order chi connectivity index (χ1) is 3.79. The first-order valence-corrected chi connectivity index (χ1v) is 2.99. The molecule has 0 saturated carbocycles. The fourth-order valence-corrected chi connectivity index (χ4v) is 0.901. The fourth-order valence-electron chi connectivity index (χ4n) is 0.901. The van der Waals surface area contributed by atoms with Crippen LogP contribution in [-0.2, 0) is 4.74 Å². The number of ether oxygens (including phenoxy) is 1. The summed E-state index contributed by atoms with van der Waals surface area (Å²) in [4.78, 5) is 0. The van der Waals surface area contributed by atoms with Gasteiger partial charge in [0.1, 0.15) is 6.23 Å². The Labute approximate surface area is 50.0 Å². The van der Waals surface area contributed by atoms with Gasteiger partial charge in [-0.2, -0.15) is 0 Å². The van der Waals surface area contributed by atoms with Gasteiger partial charge in [0, 0.05) is 6.61 Å². The predicted octanol–water partition coefficient (Wildman–Crippen LogP) is 0.532. The minimum Gasteiger partial charge on any atom is -0.364 e. The Bertz CT molecular complexity index is 66.9. The highest BCUT2D eigenvalue weighted by molar-refractivity contribution is 4.68. The summed E-state index contributed by atoms with van der Waals surface area (Å²) in [6.45, 7) is 4.67. The van der Waals surface area contributed by atoms with E-state index >= 15 is 0 Å². The van der Waals surface area contributed by atoms with E-state index in [2.05, 4.69) is 6.92 Å². The zero-order valence-corrected chi connectivity index (χ0v) is 4.97. The summed E-state index contributed by atoms with van der Waals surface area (Å²) >= 11 is 0. The Balaban J connectivity index is 2.23. The minimum atomic E-state index is -0.0498. The lowest BCUT2D eigenvalue weighted by atomic mass is 10.0. The molecule has 0 aliphatic carbocycles. The maximum atomic E-state index is 5.46. The molecule has 0 aromatic carbocycles. The van der Waals surface area contributed by atoms with Crippen LogP contribution in [-0.4, -0.2) is 12.8 Å². The number of rotatable bonds is 0. The Morgan fingerprint density at radius 3 is 2.75 bits per heavy atom. The van der Waals surface area contributed by atoms with Crippen molar-refractivity contribution in [2.45, 2.75) is 19.1 Å². The van der Waals surface area contributed by atoms with Crippen LogP contribution in [0.25, 0.3) is 0 Å². The van der Waals surface area contributed by atoms with E-state index in [1.165, 1.54) is 0 Å². The highest BCUT2D eigenvalue weighted by atomic mass is 16.5. The molecule has 2 heteroatoms. The summed E-state index contributed by atoms with van der Waals surface area (Å²) < 4.78 is 5.09. The largest absolute Gasteiger partial charge is 0.364 e. The first kappa shape index (κ1) is 6.05. The lowest BCUT2D eigenvalue weighted by Crippen LogP contribution is -2.31. The molecular weight excluding hydrogens is 102 g/mol. The quantitative estimate of drug-likeness (QED) is 0.498. The Morgan fingerprint density at radius 1 is 1.62 bits per heavy atom. The molecule has 47 valence electrons. The van der Waals surface area contributed by atoms with E-state index in [0.29, 0.717) is 5.92 Å². The normalized spacial score (nSPS) is 39.8. The Morgan fingerprint density at radius 2 is 2.38 bits per heavy atom. The van der Waals surface area contributed by atoms with Crippen molar-refractivity contribution in [2.24, 2.45) is 11.7 Å². The molecule has 2 unspecified atom stereocenters. The summed E-state index contributed by atoms with van der Waals surface area (Å²) in [6.07, 6.45) is 1.93. The van der Waals surface area contributed by atoms with Crippen molar-refractivity contribution < 1.29 is 4.74 Å². The fraction of sp³-hybridized carbons (Fsp3) is 0.833. The number of hydrogen-bond acceptors (Lipinski definition) is 2. The van der Waals surface area contributed by atoms with Gasteiger partial charge in [0.05, 0.1) is 0 Å². The topological polar surface area (TPSA) is 35.2 Å². The van der Waals surface area contributed by atoms with Crippen LogP contribution in [0.2, 0.25) is 0 Å². The lowest BCUT2D eigenvalue weighted by Gasteiger charge is -2.23. The number of nitrogens with two attached hydrogens (primary N) is 1. The van der Waals surface area contributed by atoms with E-state index < -0.39 is 0 Å². The summed E-state index contributed by atoms with van der Waals surface area (Å²) in [6, 6.07) is 0. The maximum absolute atomic E-state index is 5.46. The van der Waals surface area contributed by atoms with Gasteiger partial charge in [0.15, 0.2) is 0 Å². The van der Waals surface area contributed by atoms with Gasteiger partial charge in [-0.05, 0) is 25.7 Å². The molecular formula is C6H12NO. The van der Waals surface area contributed by atoms with Gasteiger partial charge in [-0.1, -0.05) is 0 Å². The molecule has 0 bridgehead atoms. The van der Waals surface area contributed by atoms with E-state index in [1.54, 1.807) is 0 Å². The monoisotopic (exact) mass is 114 g/mol. The van der Waals surface area contributed by atoms with Crippen LogP contribution < -0.4 is 5.73 Å². The summed E-state index contributed by atoms with van der Waals surface area (Å²) in [5.74, 6) is 0.513. The van der Waals surface area contributed by atoms with E-state index in [9.17, 15) is 0 Å². The van der Waals surface area contributed by atoms with Crippen molar-refractivity contribution in [3.05, 3.63) is 6.92 Å². The third kappa shape index (κ3) is 1.46. The predicted molar refractivity (Wildman–Crippen MR) is 32.0 cm³/mol. The molecule has 1 radical (unpaired) electrons. The van der Waals surface area contributed by atoms with Crippen molar-refractivity contribution in [1.29, 1.82) is 0 Å². The van der Waals surface area contributed by atoms with E-state index in [-0.39, 0.29) is 6.23 Å². The van der Waals surface area contributed by atoms with Crippen molar-refractivity contribution in [1.82, 2.24) is 0 Å². The van der Waals surface area contributed by atoms with Crippen molar-refractivity contribution in [2.75, 3.05) is 6.61 Å². The van der Waals surface area contributed by atoms with Crippen LogP contribution in [0.5, 0.6) is 0 Å². The minimum absolute atomic E-state index is 0.0498. The van der Waals surface area contributed by atoms with Gasteiger partial charge < -0.3 is 10.5 Å². The molecule has 2 atom stereocenters. The third-order valence-electron chi connectivity index (χ3n) is 1.42. The smallest absolute Gasteiger partial charge is 0.105 e. The Kier molecular flexibility index (Phi) is 1.86.